The summed E-state index contributed by atoms with van der Waals surface area (Å²) in [7, 11) is 0. The second-order valence-corrected chi connectivity index (χ2v) is 6.54. The van der Waals surface area contributed by atoms with Gasteiger partial charge in [0.1, 0.15) is 11.5 Å². The van der Waals surface area contributed by atoms with Crippen LogP contribution in [0.2, 0.25) is 0 Å². The van der Waals surface area contributed by atoms with E-state index in [0.717, 1.165) is 0 Å². The summed E-state index contributed by atoms with van der Waals surface area (Å²) in [6, 6.07) is 9.59. The molecule has 2 aromatic carbocycles. The minimum absolute atomic E-state index is 0.291. The van der Waals surface area contributed by atoms with E-state index in [1.54, 1.807) is 37.3 Å². The Hall–Kier alpha value is -1.86. The number of carbonyl (C=O) groups excluding carboxylic acids is 2. The molecule has 0 atom stereocenters. The number of hydrogen-bond acceptors (Lipinski definition) is 5. The Morgan fingerprint density at radius 3 is 1.92 bits per heavy atom. The lowest BCUT2D eigenvalue weighted by Crippen LogP contribution is -2.10. The molecule has 0 spiro atoms. The molecule has 0 fully saturated rings. The van der Waals surface area contributed by atoms with Crippen molar-refractivity contribution in [3.63, 3.8) is 0 Å². The van der Waals surface area contributed by atoms with Gasteiger partial charge in [-0.25, -0.2) is 9.59 Å². The monoisotopic (exact) mass is 470 g/mol. The van der Waals surface area contributed by atoms with E-state index >= 15 is 0 Å². The van der Waals surface area contributed by atoms with Gasteiger partial charge in [0.05, 0.1) is 33.3 Å². The largest absolute Gasteiger partial charge is 0.493 e. The van der Waals surface area contributed by atoms with Crippen LogP contribution < -0.4 is 9.47 Å². The standard InChI is InChI=1S/C18H16Br2O5/c1-3-23-15-7-5-12(10-13(15)19)18(22)25-16-8-6-11(9-14(16)20)17(21)24-4-2/h5-10H,3-4H2,1-2H3. The molecule has 0 heterocycles. The molecule has 2 rings (SSSR count). The van der Waals surface area contributed by atoms with Crippen LogP contribution in [0, 0.1) is 0 Å². The molecule has 0 amide bonds. The summed E-state index contributed by atoms with van der Waals surface area (Å²) in [6.07, 6.45) is 0. The molecular formula is C18H16Br2O5. The van der Waals surface area contributed by atoms with Crippen molar-refractivity contribution in [1.82, 2.24) is 0 Å². The Labute approximate surface area is 162 Å². The Kier molecular flexibility index (Phi) is 7.01. The number of halogens is 2. The van der Waals surface area contributed by atoms with E-state index in [1.807, 2.05) is 6.92 Å². The molecule has 0 saturated heterocycles. The van der Waals surface area contributed by atoms with E-state index in [0.29, 0.717) is 44.8 Å². The molecule has 0 saturated carbocycles. The van der Waals surface area contributed by atoms with Gasteiger partial charge in [0.25, 0.3) is 0 Å². The Bertz CT molecular complexity index is 789. The maximum Gasteiger partial charge on any atom is 0.343 e. The molecule has 5 nitrogen and oxygen atoms in total. The summed E-state index contributed by atoms with van der Waals surface area (Å²) in [5.41, 5.74) is 0.744. The maximum atomic E-state index is 12.3. The van der Waals surface area contributed by atoms with Crippen LogP contribution >= 0.6 is 31.9 Å². The zero-order chi connectivity index (χ0) is 18.4. The van der Waals surface area contributed by atoms with Crippen LogP contribution in [-0.2, 0) is 4.74 Å². The van der Waals surface area contributed by atoms with Crippen LogP contribution in [0.25, 0.3) is 0 Å². The van der Waals surface area contributed by atoms with Crippen LogP contribution in [0.4, 0.5) is 0 Å². The van der Waals surface area contributed by atoms with E-state index in [4.69, 9.17) is 14.2 Å². The molecule has 7 heteroatoms. The third-order valence-electron chi connectivity index (χ3n) is 3.11. The molecular weight excluding hydrogens is 456 g/mol. The number of rotatable bonds is 6. The zero-order valence-electron chi connectivity index (χ0n) is 13.7. The first-order valence-corrected chi connectivity index (χ1v) is 9.16. The maximum absolute atomic E-state index is 12.3. The molecule has 0 N–H and O–H groups in total. The van der Waals surface area contributed by atoms with Gasteiger partial charge in [0.15, 0.2) is 0 Å². The van der Waals surface area contributed by atoms with Gasteiger partial charge in [-0.1, -0.05) is 0 Å². The van der Waals surface area contributed by atoms with Crippen LogP contribution in [0.1, 0.15) is 34.6 Å². The van der Waals surface area contributed by atoms with E-state index in [2.05, 4.69) is 31.9 Å². The lowest BCUT2D eigenvalue weighted by molar-refractivity contribution is 0.0526. The summed E-state index contributed by atoms with van der Waals surface area (Å²) in [6.45, 7) is 4.44. The first-order chi connectivity index (χ1) is 12.0. The van der Waals surface area contributed by atoms with Gasteiger partial charge in [0, 0.05) is 0 Å². The molecule has 0 radical (unpaired) electrons. The summed E-state index contributed by atoms with van der Waals surface area (Å²) < 4.78 is 16.9. The van der Waals surface area contributed by atoms with Gasteiger partial charge < -0.3 is 14.2 Å². The lowest BCUT2D eigenvalue weighted by Gasteiger charge is -2.10. The Morgan fingerprint density at radius 1 is 0.840 bits per heavy atom. The fourth-order valence-corrected chi connectivity index (χ4v) is 2.94. The van der Waals surface area contributed by atoms with Gasteiger partial charge in [-0.3, -0.25) is 0 Å². The van der Waals surface area contributed by atoms with Gasteiger partial charge in [-0.2, -0.15) is 0 Å². The fourth-order valence-electron chi connectivity index (χ4n) is 1.98. The Morgan fingerprint density at radius 2 is 1.40 bits per heavy atom. The molecule has 25 heavy (non-hydrogen) atoms. The molecule has 132 valence electrons. The first-order valence-electron chi connectivity index (χ1n) is 7.57. The Balaban J connectivity index is 2.15. The van der Waals surface area contributed by atoms with E-state index in [9.17, 15) is 9.59 Å². The summed E-state index contributed by atoms with van der Waals surface area (Å²) in [5, 5.41) is 0. The van der Waals surface area contributed by atoms with E-state index in [1.165, 1.54) is 6.07 Å². The normalized spacial score (nSPS) is 10.2. The summed E-state index contributed by atoms with van der Waals surface area (Å²) in [4.78, 5) is 24.0. The second-order valence-electron chi connectivity index (χ2n) is 4.83. The first kappa shape index (κ1) is 19.5. The molecule has 0 unspecified atom stereocenters. The quantitative estimate of drug-likeness (QED) is 0.438. The predicted molar refractivity (Wildman–Crippen MR) is 100 cm³/mol. The van der Waals surface area contributed by atoms with Crippen LogP contribution in [0.3, 0.4) is 0 Å². The van der Waals surface area contributed by atoms with Gasteiger partial charge in [0.2, 0.25) is 0 Å². The van der Waals surface area contributed by atoms with Crippen molar-refractivity contribution in [2.45, 2.75) is 13.8 Å². The number of esters is 2. The van der Waals surface area contributed by atoms with Gasteiger partial charge >= 0.3 is 11.9 Å². The zero-order valence-corrected chi connectivity index (χ0v) is 16.8. The molecule has 2 aromatic rings. The number of benzene rings is 2. The van der Waals surface area contributed by atoms with Crippen LogP contribution in [-0.4, -0.2) is 25.2 Å². The van der Waals surface area contributed by atoms with Gasteiger partial charge in [-0.15, -0.1) is 0 Å². The third-order valence-corrected chi connectivity index (χ3v) is 4.35. The molecule has 0 aromatic heterocycles. The van der Waals surface area contributed by atoms with Crippen molar-refractivity contribution in [3.8, 4) is 11.5 Å². The van der Waals surface area contributed by atoms with Crippen molar-refractivity contribution in [2.24, 2.45) is 0 Å². The highest BCUT2D eigenvalue weighted by Crippen LogP contribution is 2.29. The van der Waals surface area contributed by atoms with Crippen molar-refractivity contribution < 1.29 is 23.8 Å². The third kappa shape index (κ3) is 5.06. The minimum atomic E-state index is -0.520. The molecule has 0 aliphatic heterocycles. The van der Waals surface area contributed by atoms with Crippen molar-refractivity contribution >= 4 is 43.8 Å². The summed E-state index contributed by atoms with van der Waals surface area (Å²) in [5.74, 6) is 0.00642. The highest BCUT2D eigenvalue weighted by atomic mass is 79.9. The van der Waals surface area contributed by atoms with Crippen LogP contribution in [0.15, 0.2) is 45.3 Å². The number of ether oxygens (including phenoxy) is 3. The SMILES string of the molecule is CCOC(=O)c1ccc(OC(=O)c2ccc(OCC)c(Br)c2)c(Br)c1. The highest BCUT2D eigenvalue weighted by molar-refractivity contribution is 9.10. The lowest BCUT2D eigenvalue weighted by atomic mass is 10.2. The topological polar surface area (TPSA) is 61.8 Å². The van der Waals surface area contributed by atoms with Gasteiger partial charge in [-0.05, 0) is 82.1 Å². The van der Waals surface area contributed by atoms with E-state index in [-0.39, 0.29) is 0 Å². The summed E-state index contributed by atoms with van der Waals surface area (Å²) >= 11 is 6.66. The average Bonchev–Trinajstić information content (AvgIpc) is 2.58. The molecule has 0 aliphatic carbocycles. The fraction of sp³-hybridized carbons (Fsp3) is 0.222. The van der Waals surface area contributed by atoms with Crippen molar-refractivity contribution in [1.29, 1.82) is 0 Å². The second kappa shape index (κ2) is 9.01. The van der Waals surface area contributed by atoms with E-state index < -0.39 is 11.9 Å². The minimum Gasteiger partial charge on any atom is -0.493 e. The predicted octanol–water partition coefficient (Wildman–Crippen LogP) is 5.01. The smallest absolute Gasteiger partial charge is 0.343 e. The van der Waals surface area contributed by atoms with Crippen LogP contribution in [0.5, 0.6) is 11.5 Å². The number of carbonyl (C=O) groups is 2. The average molecular weight is 472 g/mol. The molecule has 0 aliphatic rings. The molecule has 0 bridgehead atoms. The number of hydrogen-bond donors (Lipinski definition) is 0. The van der Waals surface area contributed by atoms with Crippen molar-refractivity contribution in [2.75, 3.05) is 13.2 Å². The highest BCUT2D eigenvalue weighted by Gasteiger charge is 2.15. The van der Waals surface area contributed by atoms with Crippen molar-refractivity contribution in [3.05, 3.63) is 56.5 Å².